The zero-order valence-electron chi connectivity index (χ0n) is 16.4. The molecule has 1 atom stereocenters. The van der Waals surface area contributed by atoms with E-state index in [2.05, 4.69) is 4.85 Å². The number of carbonyl (C=O) groups excluding carboxylic acids is 2. The van der Waals surface area contributed by atoms with Crippen LogP contribution in [0.5, 0.6) is 5.75 Å². The summed E-state index contributed by atoms with van der Waals surface area (Å²) in [6.45, 7) is 15.0. The first-order valence-electron chi connectivity index (χ1n) is 9.06. The Labute approximate surface area is 156 Å². The van der Waals surface area contributed by atoms with Crippen molar-refractivity contribution in [1.82, 2.24) is 0 Å². The molecule has 1 rings (SSSR count). The Morgan fingerprint density at radius 1 is 1.27 bits per heavy atom. The summed E-state index contributed by atoms with van der Waals surface area (Å²) in [5.74, 6) is -0.846. The molecule has 0 heterocycles. The molecule has 142 valence electrons. The molecule has 0 fully saturated rings. The van der Waals surface area contributed by atoms with E-state index in [1.807, 2.05) is 32.9 Å². The van der Waals surface area contributed by atoms with Crippen molar-refractivity contribution in [3.8, 4) is 5.75 Å². The van der Waals surface area contributed by atoms with Gasteiger partial charge in [0.1, 0.15) is 17.5 Å². The fourth-order valence-electron chi connectivity index (χ4n) is 2.70. The smallest absolute Gasteiger partial charge is 0.316 e. The van der Waals surface area contributed by atoms with E-state index in [0.717, 1.165) is 24.0 Å². The number of nitrogens with zero attached hydrogens (tertiary/aromatic N) is 1. The Morgan fingerprint density at radius 3 is 2.50 bits per heavy atom. The summed E-state index contributed by atoms with van der Waals surface area (Å²) in [7, 11) is 1.55. The molecule has 0 saturated carbocycles. The number of hydrogen-bond donors (Lipinski definition) is 0. The van der Waals surface area contributed by atoms with Gasteiger partial charge in [-0.25, -0.2) is 6.57 Å². The lowest BCUT2D eigenvalue weighted by molar-refractivity contribution is -0.151. The molecule has 0 radical (unpaired) electrons. The van der Waals surface area contributed by atoms with Crippen LogP contribution in [0.2, 0.25) is 0 Å². The predicted molar refractivity (Wildman–Crippen MR) is 101 cm³/mol. The van der Waals surface area contributed by atoms with Crippen LogP contribution in [0.15, 0.2) is 18.2 Å². The molecule has 1 aromatic carbocycles. The van der Waals surface area contributed by atoms with E-state index in [-0.39, 0.29) is 18.8 Å². The number of unbranched alkanes of at least 4 members (excludes halogenated alkanes) is 1. The number of methoxy groups -OCH3 is 1. The Bertz CT molecular complexity index is 673. The topological polar surface area (TPSA) is 57.0 Å². The molecule has 5 nitrogen and oxygen atoms in total. The highest BCUT2D eigenvalue weighted by Crippen LogP contribution is 2.31. The van der Waals surface area contributed by atoms with Gasteiger partial charge < -0.3 is 14.3 Å². The first-order chi connectivity index (χ1) is 12.3. The average molecular weight is 359 g/mol. The zero-order chi connectivity index (χ0) is 19.7. The maximum atomic E-state index is 12.6. The van der Waals surface area contributed by atoms with Crippen molar-refractivity contribution in [1.29, 1.82) is 0 Å². The minimum Gasteiger partial charge on any atom is -0.496 e. The highest BCUT2D eigenvalue weighted by Gasteiger charge is 2.31. The van der Waals surface area contributed by atoms with Gasteiger partial charge in [0.05, 0.1) is 13.7 Å². The fraction of sp³-hybridized carbons (Fsp3) is 0.571. The van der Waals surface area contributed by atoms with Crippen LogP contribution in [0.4, 0.5) is 0 Å². The molecular formula is C21H29NO4. The zero-order valence-corrected chi connectivity index (χ0v) is 16.4. The predicted octanol–water partition coefficient (Wildman–Crippen LogP) is 4.33. The summed E-state index contributed by atoms with van der Waals surface area (Å²) >= 11 is 0. The number of benzene rings is 1. The van der Waals surface area contributed by atoms with Crippen molar-refractivity contribution in [3.63, 3.8) is 0 Å². The number of carbonyl (C=O) groups is 2. The number of hydrogen-bond acceptors (Lipinski definition) is 4. The van der Waals surface area contributed by atoms with E-state index in [9.17, 15) is 9.59 Å². The number of esters is 1. The number of ether oxygens (including phenoxy) is 2. The van der Waals surface area contributed by atoms with Gasteiger partial charge in [0.25, 0.3) is 5.54 Å². The van der Waals surface area contributed by atoms with Crippen LogP contribution in [-0.2, 0) is 26.3 Å². The molecule has 0 aromatic heterocycles. The summed E-state index contributed by atoms with van der Waals surface area (Å²) in [5.41, 5.74) is 0.878. The summed E-state index contributed by atoms with van der Waals surface area (Å²) in [5, 5.41) is 0. The van der Waals surface area contributed by atoms with E-state index in [0.29, 0.717) is 12.2 Å². The number of ketones is 1. The maximum absolute atomic E-state index is 12.6. The molecule has 0 amide bonds. The van der Waals surface area contributed by atoms with E-state index in [4.69, 9.17) is 16.0 Å². The van der Waals surface area contributed by atoms with E-state index in [1.165, 1.54) is 0 Å². The van der Waals surface area contributed by atoms with Crippen LogP contribution in [0.1, 0.15) is 58.1 Å². The van der Waals surface area contributed by atoms with Crippen LogP contribution >= 0.6 is 0 Å². The van der Waals surface area contributed by atoms with Crippen LogP contribution in [0.25, 0.3) is 4.85 Å². The Hall–Kier alpha value is -2.35. The second-order valence-corrected chi connectivity index (χ2v) is 6.78. The minimum atomic E-state index is -0.846. The van der Waals surface area contributed by atoms with Gasteiger partial charge in [-0.1, -0.05) is 13.3 Å². The third-order valence-electron chi connectivity index (χ3n) is 4.43. The molecule has 0 N–H and O–H groups in total. The van der Waals surface area contributed by atoms with E-state index in [1.54, 1.807) is 20.1 Å². The van der Waals surface area contributed by atoms with Gasteiger partial charge in [0.15, 0.2) is 0 Å². The summed E-state index contributed by atoms with van der Waals surface area (Å²) in [4.78, 5) is 28.6. The summed E-state index contributed by atoms with van der Waals surface area (Å²) in [6, 6.07) is 5.49. The monoisotopic (exact) mass is 359 g/mol. The molecule has 26 heavy (non-hydrogen) atoms. The van der Waals surface area contributed by atoms with Crippen molar-refractivity contribution < 1.29 is 19.1 Å². The highest BCUT2D eigenvalue weighted by atomic mass is 16.5. The summed E-state index contributed by atoms with van der Waals surface area (Å²) < 4.78 is 10.5. The van der Waals surface area contributed by atoms with Gasteiger partial charge in [-0.15, -0.1) is 0 Å². The molecule has 0 aliphatic heterocycles. The van der Waals surface area contributed by atoms with Gasteiger partial charge in [-0.2, -0.15) is 0 Å². The second kappa shape index (κ2) is 9.96. The Morgan fingerprint density at radius 2 is 1.96 bits per heavy atom. The minimum absolute atomic E-state index is 0.109. The average Bonchev–Trinajstić information content (AvgIpc) is 2.63. The van der Waals surface area contributed by atoms with Gasteiger partial charge >= 0.3 is 5.97 Å². The third-order valence-corrected chi connectivity index (χ3v) is 4.43. The van der Waals surface area contributed by atoms with Crippen LogP contribution in [0.3, 0.4) is 0 Å². The normalized spacial score (nSPS) is 12.2. The largest absolute Gasteiger partial charge is 0.496 e. The van der Waals surface area contributed by atoms with Crippen LogP contribution in [-0.4, -0.2) is 25.5 Å². The number of Topliss-reactive ketones (excluding diaryl/α,β-unsaturated/α-hetero) is 1. The first kappa shape index (κ1) is 21.7. The standard InChI is InChI=1S/C21H29NO4/c1-7-9-10-18(23)17(20(24)26-8-2)14-15-13-16(21(3,4)22-5)11-12-19(15)25-6/h11-13,17H,7-10,14H2,1-4,6H3. The molecule has 0 aliphatic carbocycles. The molecule has 0 bridgehead atoms. The SMILES string of the molecule is [C-]#[N+]C(C)(C)c1ccc(OC)c(CC(C(=O)CCCC)C(=O)OCC)c1. The van der Waals surface area contributed by atoms with Crippen molar-refractivity contribution in [2.24, 2.45) is 5.92 Å². The molecule has 0 saturated heterocycles. The van der Waals surface area contributed by atoms with Crippen molar-refractivity contribution >= 4 is 11.8 Å². The quantitative estimate of drug-likeness (QED) is 0.354. The molecular weight excluding hydrogens is 330 g/mol. The lowest BCUT2D eigenvalue weighted by Crippen LogP contribution is -2.28. The summed E-state index contributed by atoms with van der Waals surface area (Å²) in [6.07, 6.45) is 2.21. The Balaban J connectivity index is 3.23. The van der Waals surface area contributed by atoms with Crippen molar-refractivity contribution in [3.05, 3.63) is 40.7 Å². The molecule has 1 unspecified atom stereocenters. The maximum Gasteiger partial charge on any atom is 0.316 e. The lowest BCUT2D eigenvalue weighted by atomic mass is 9.88. The fourth-order valence-corrected chi connectivity index (χ4v) is 2.70. The number of rotatable bonds is 10. The third kappa shape index (κ3) is 5.59. The lowest BCUT2D eigenvalue weighted by Gasteiger charge is -2.19. The Kier molecular flexibility index (Phi) is 8.31. The molecule has 0 aliphatic rings. The van der Waals surface area contributed by atoms with Crippen LogP contribution in [0, 0.1) is 12.5 Å². The van der Waals surface area contributed by atoms with E-state index < -0.39 is 17.4 Å². The van der Waals surface area contributed by atoms with Crippen molar-refractivity contribution in [2.75, 3.05) is 13.7 Å². The molecule has 0 spiro atoms. The molecule has 1 aromatic rings. The van der Waals surface area contributed by atoms with Gasteiger partial charge in [0.2, 0.25) is 0 Å². The van der Waals surface area contributed by atoms with E-state index >= 15 is 0 Å². The van der Waals surface area contributed by atoms with Crippen molar-refractivity contribution in [2.45, 2.75) is 58.9 Å². The first-order valence-corrected chi connectivity index (χ1v) is 9.06. The second-order valence-electron chi connectivity index (χ2n) is 6.78. The highest BCUT2D eigenvalue weighted by molar-refractivity contribution is 5.99. The van der Waals surface area contributed by atoms with Gasteiger partial charge in [0, 0.05) is 25.8 Å². The van der Waals surface area contributed by atoms with Gasteiger partial charge in [-0.3, -0.25) is 9.59 Å². The molecule has 5 heteroatoms. The van der Waals surface area contributed by atoms with Crippen LogP contribution < -0.4 is 4.74 Å². The van der Waals surface area contributed by atoms with Gasteiger partial charge in [-0.05, 0) is 43.5 Å².